The summed E-state index contributed by atoms with van der Waals surface area (Å²) in [5, 5.41) is 5.66. The normalized spacial score (nSPS) is 10.4. The van der Waals surface area contributed by atoms with Crippen LogP contribution in [-0.4, -0.2) is 35.4 Å². The Bertz CT molecular complexity index is 679. The highest BCUT2D eigenvalue weighted by atomic mass is 35.5. The number of nitrogens with two attached hydrogens (primary N) is 1. The van der Waals surface area contributed by atoms with Gasteiger partial charge in [-0.15, -0.1) is 36.2 Å². The highest BCUT2D eigenvalue weighted by Crippen LogP contribution is 2.14. The molecule has 0 saturated heterocycles. The molecular formula is C18H28Cl2N4OS. The maximum atomic E-state index is 12.3. The van der Waals surface area contributed by atoms with Gasteiger partial charge in [0.15, 0.2) is 0 Å². The fraction of sp³-hybridized carbons (Fsp3) is 0.444. The average molecular weight is 419 g/mol. The lowest BCUT2D eigenvalue weighted by molar-refractivity contribution is 0.0946. The molecule has 1 heterocycles. The molecular weight excluding hydrogens is 391 g/mol. The van der Waals surface area contributed by atoms with E-state index in [2.05, 4.69) is 48.2 Å². The van der Waals surface area contributed by atoms with E-state index in [9.17, 15) is 4.79 Å². The van der Waals surface area contributed by atoms with Crippen molar-refractivity contribution in [1.82, 2.24) is 15.2 Å². The number of halogens is 2. The highest BCUT2D eigenvalue weighted by Gasteiger charge is 2.12. The topological polar surface area (TPSA) is 71.2 Å². The lowest BCUT2D eigenvalue weighted by atomic mass is 10.1. The van der Waals surface area contributed by atoms with Gasteiger partial charge in [0, 0.05) is 30.9 Å². The predicted octanol–water partition coefficient (Wildman–Crippen LogP) is 3.26. The molecule has 0 saturated carbocycles. The summed E-state index contributed by atoms with van der Waals surface area (Å²) in [5.74, 6) is -0.137. The van der Waals surface area contributed by atoms with Crippen molar-refractivity contribution in [2.45, 2.75) is 39.4 Å². The first kappa shape index (κ1) is 24.8. The van der Waals surface area contributed by atoms with E-state index in [1.165, 1.54) is 16.9 Å². The van der Waals surface area contributed by atoms with Gasteiger partial charge in [0.1, 0.15) is 5.69 Å². The van der Waals surface area contributed by atoms with Gasteiger partial charge >= 0.3 is 0 Å². The molecule has 0 spiro atoms. The van der Waals surface area contributed by atoms with Crippen molar-refractivity contribution >= 4 is 42.1 Å². The molecule has 2 aromatic rings. The van der Waals surface area contributed by atoms with Crippen molar-refractivity contribution in [2.24, 2.45) is 5.73 Å². The van der Waals surface area contributed by atoms with Crippen LogP contribution in [0.3, 0.4) is 0 Å². The van der Waals surface area contributed by atoms with Gasteiger partial charge in [-0.05, 0) is 38.6 Å². The van der Waals surface area contributed by atoms with Crippen LogP contribution >= 0.6 is 36.2 Å². The lowest BCUT2D eigenvalue weighted by Gasteiger charge is -2.22. The smallest absolute Gasteiger partial charge is 0.271 e. The highest BCUT2D eigenvalue weighted by molar-refractivity contribution is 7.09. The second kappa shape index (κ2) is 12.3. The minimum Gasteiger partial charge on any atom is -0.347 e. The molecule has 0 fully saturated rings. The summed E-state index contributed by atoms with van der Waals surface area (Å²) in [6.45, 7) is 6.26. The first-order chi connectivity index (χ1) is 11.5. The molecule has 0 aliphatic carbocycles. The second-order valence-corrected chi connectivity index (χ2v) is 7.07. The van der Waals surface area contributed by atoms with Crippen LogP contribution in [0, 0.1) is 0 Å². The number of carbonyl (C=O) groups excluding carboxylic acids is 1. The largest absolute Gasteiger partial charge is 0.347 e. The number of rotatable bonds is 8. The molecule has 0 atom stereocenters. The van der Waals surface area contributed by atoms with Crippen molar-refractivity contribution in [1.29, 1.82) is 0 Å². The molecule has 1 aromatic carbocycles. The van der Waals surface area contributed by atoms with Gasteiger partial charge in [0.25, 0.3) is 5.91 Å². The van der Waals surface area contributed by atoms with Gasteiger partial charge in [-0.2, -0.15) is 0 Å². The molecule has 0 bridgehead atoms. The Hall–Kier alpha value is -1.18. The van der Waals surface area contributed by atoms with Crippen molar-refractivity contribution in [3.63, 3.8) is 0 Å². The molecule has 0 unspecified atom stereocenters. The first-order valence-electron chi connectivity index (χ1n) is 8.21. The number of aromatic nitrogens is 1. The zero-order chi connectivity index (χ0) is 17.5. The zero-order valence-electron chi connectivity index (χ0n) is 15.4. The third-order valence-electron chi connectivity index (χ3n) is 4.00. The molecule has 0 aliphatic rings. The molecule has 5 nitrogen and oxygen atoms in total. The van der Waals surface area contributed by atoms with Crippen molar-refractivity contribution < 1.29 is 4.79 Å². The van der Waals surface area contributed by atoms with E-state index in [1.807, 2.05) is 12.1 Å². The molecule has 1 amide bonds. The van der Waals surface area contributed by atoms with E-state index in [0.717, 1.165) is 17.1 Å². The van der Waals surface area contributed by atoms with Crippen LogP contribution in [0.2, 0.25) is 0 Å². The van der Waals surface area contributed by atoms with E-state index in [-0.39, 0.29) is 30.7 Å². The van der Waals surface area contributed by atoms with E-state index in [0.29, 0.717) is 31.2 Å². The predicted molar refractivity (Wildman–Crippen MR) is 114 cm³/mol. The van der Waals surface area contributed by atoms with Crippen LogP contribution in [-0.2, 0) is 19.5 Å². The third kappa shape index (κ3) is 7.21. The van der Waals surface area contributed by atoms with E-state index in [4.69, 9.17) is 5.73 Å². The Morgan fingerprint density at radius 1 is 1.27 bits per heavy atom. The van der Waals surface area contributed by atoms with E-state index < -0.39 is 0 Å². The minimum absolute atomic E-state index is 0. The van der Waals surface area contributed by atoms with Gasteiger partial charge in [-0.3, -0.25) is 9.69 Å². The summed E-state index contributed by atoms with van der Waals surface area (Å²) in [6.07, 6.45) is 0.711. The summed E-state index contributed by atoms with van der Waals surface area (Å²) in [7, 11) is 2.11. The molecule has 26 heavy (non-hydrogen) atoms. The summed E-state index contributed by atoms with van der Waals surface area (Å²) < 4.78 is 0. The molecule has 3 N–H and O–H groups in total. The van der Waals surface area contributed by atoms with Crippen molar-refractivity contribution in [3.8, 4) is 0 Å². The van der Waals surface area contributed by atoms with Crippen molar-refractivity contribution in [2.75, 3.05) is 13.6 Å². The third-order valence-corrected chi connectivity index (χ3v) is 4.91. The Labute approximate surface area is 172 Å². The van der Waals surface area contributed by atoms with E-state index >= 15 is 0 Å². The molecule has 0 radical (unpaired) electrons. The standard InChI is InChI=1S/C18H26N4OS.2ClH/c1-13(2)22(3)11-15-7-5-4-6-14(15)10-20-18(23)16-12-24-17(21-16)8-9-19;;/h4-7,12-13H,8-11,19H2,1-3H3,(H,20,23);2*1H. The Balaban J connectivity index is 0.00000312. The van der Waals surface area contributed by atoms with Gasteiger partial charge in [0.05, 0.1) is 5.01 Å². The van der Waals surface area contributed by atoms with Gasteiger partial charge in [-0.25, -0.2) is 4.98 Å². The number of thiazole rings is 1. The van der Waals surface area contributed by atoms with Gasteiger partial charge < -0.3 is 11.1 Å². The number of nitrogens with one attached hydrogen (secondary N) is 1. The number of nitrogens with zero attached hydrogens (tertiary/aromatic N) is 2. The van der Waals surface area contributed by atoms with Crippen LogP contribution < -0.4 is 11.1 Å². The number of benzene rings is 1. The SMILES string of the molecule is CC(C)N(C)Cc1ccccc1CNC(=O)c1csc(CCN)n1.Cl.Cl. The molecule has 0 aliphatic heterocycles. The number of hydrogen-bond acceptors (Lipinski definition) is 5. The average Bonchev–Trinajstić information content (AvgIpc) is 3.02. The van der Waals surface area contributed by atoms with Crippen molar-refractivity contribution in [3.05, 3.63) is 51.5 Å². The summed E-state index contributed by atoms with van der Waals surface area (Å²) >= 11 is 1.48. The monoisotopic (exact) mass is 418 g/mol. The fourth-order valence-corrected chi connectivity index (χ4v) is 3.05. The number of hydrogen-bond donors (Lipinski definition) is 2. The first-order valence-corrected chi connectivity index (χ1v) is 9.09. The van der Waals surface area contributed by atoms with Gasteiger partial charge in [0.2, 0.25) is 0 Å². The Kier molecular flexibility index (Phi) is 11.7. The van der Waals surface area contributed by atoms with Crippen LogP contribution in [0.1, 0.15) is 40.5 Å². The Morgan fingerprint density at radius 3 is 2.54 bits per heavy atom. The summed E-state index contributed by atoms with van der Waals surface area (Å²) in [6, 6.07) is 8.69. The maximum absolute atomic E-state index is 12.3. The van der Waals surface area contributed by atoms with E-state index in [1.54, 1.807) is 5.38 Å². The summed E-state index contributed by atoms with van der Waals surface area (Å²) in [5.41, 5.74) is 8.36. The zero-order valence-corrected chi connectivity index (χ0v) is 17.8. The fourth-order valence-electron chi connectivity index (χ4n) is 2.26. The maximum Gasteiger partial charge on any atom is 0.271 e. The van der Waals surface area contributed by atoms with Crippen LogP contribution in [0.25, 0.3) is 0 Å². The summed E-state index contributed by atoms with van der Waals surface area (Å²) in [4.78, 5) is 18.9. The molecule has 1 aromatic heterocycles. The van der Waals surface area contributed by atoms with Crippen LogP contribution in [0.4, 0.5) is 0 Å². The second-order valence-electron chi connectivity index (χ2n) is 6.13. The Morgan fingerprint density at radius 2 is 1.92 bits per heavy atom. The number of carbonyl (C=O) groups is 1. The number of amides is 1. The minimum atomic E-state index is -0.137. The molecule has 8 heteroatoms. The molecule has 146 valence electrons. The van der Waals surface area contributed by atoms with Crippen LogP contribution in [0.5, 0.6) is 0 Å². The van der Waals surface area contributed by atoms with Gasteiger partial charge in [-0.1, -0.05) is 24.3 Å². The molecule has 2 rings (SSSR count). The quantitative estimate of drug-likeness (QED) is 0.689. The van der Waals surface area contributed by atoms with Crippen LogP contribution in [0.15, 0.2) is 29.6 Å². The lowest BCUT2D eigenvalue weighted by Crippen LogP contribution is -2.27.